The Balaban J connectivity index is 1.43. The third kappa shape index (κ3) is 5.08. The number of aromatic carboxylic acids is 1. The number of pyridine rings is 1. The van der Waals surface area contributed by atoms with Gasteiger partial charge in [-0.05, 0) is 124 Å². The lowest BCUT2D eigenvalue weighted by atomic mass is 9.96. The second kappa shape index (κ2) is 11.0. The van der Waals surface area contributed by atoms with Gasteiger partial charge in [0.05, 0.1) is 29.4 Å². The highest BCUT2D eigenvalue weighted by atomic mass is 32.1. The van der Waals surface area contributed by atoms with Crippen LogP contribution in [-0.2, 0) is 0 Å². The smallest absolute Gasteiger partial charge is 0.335 e. The van der Waals surface area contributed by atoms with Gasteiger partial charge in [-0.2, -0.15) is 0 Å². The Bertz CT molecular complexity index is 1590. The minimum atomic E-state index is -0.943. The molecule has 1 saturated heterocycles. The van der Waals surface area contributed by atoms with E-state index in [-0.39, 0.29) is 17.6 Å². The Morgan fingerprint density at radius 1 is 1.02 bits per heavy atom. The van der Waals surface area contributed by atoms with E-state index in [4.69, 9.17) is 21.9 Å². The van der Waals surface area contributed by atoms with Gasteiger partial charge in [-0.3, -0.25) is 4.98 Å². The number of carboxylic acids is 1. The van der Waals surface area contributed by atoms with E-state index in [0.29, 0.717) is 11.2 Å². The summed E-state index contributed by atoms with van der Waals surface area (Å²) in [7, 11) is 0. The number of ether oxygens (including phenoxy) is 1. The van der Waals surface area contributed by atoms with Crippen molar-refractivity contribution < 1.29 is 14.6 Å². The van der Waals surface area contributed by atoms with Crippen LogP contribution in [0.25, 0.3) is 5.69 Å². The van der Waals surface area contributed by atoms with Gasteiger partial charge in [0, 0.05) is 29.0 Å². The molecular formula is C33H34N4O3S. The van der Waals surface area contributed by atoms with Gasteiger partial charge in [0.1, 0.15) is 5.75 Å². The normalized spacial score (nSPS) is 19.0. The molecule has 210 valence electrons. The summed E-state index contributed by atoms with van der Waals surface area (Å²) in [4.78, 5) is 18.6. The number of aromatic nitrogens is 2. The number of nitrogens with zero attached hydrogens (tertiary/aromatic N) is 3. The number of thiocarbonyl (C=S) groups is 1. The molecule has 0 spiro atoms. The van der Waals surface area contributed by atoms with Gasteiger partial charge in [0.25, 0.3) is 0 Å². The van der Waals surface area contributed by atoms with Crippen molar-refractivity contribution in [3.05, 3.63) is 107 Å². The molecule has 3 heterocycles. The highest BCUT2D eigenvalue weighted by molar-refractivity contribution is 7.80. The SMILES string of the molecule is Cc1ccc(C(=O)O)cc1-n1c(C)cc([C@H]2[C@@H](c3ccccn3)NC(=S)N2c2ccc(OC3CCCC3)cc2)c1C. The lowest BCUT2D eigenvalue weighted by Crippen LogP contribution is -2.29. The fraction of sp³-hybridized carbons (Fsp3) is 0.303. The second-order valence-corrected chi connectivity index (χ2v) is 11.4. The number of aryl methyl sites for hydroxylation is 2. The Hall–Kier alpha value is -4.17. The molecule has 1 aliphatic heterocycles. The zero-order valence-electron chi connectivity index (χ0n) is 23.5. The minimum Gasteiger partial charge on any atom is -0.490 e. The van der Waals surface area contributed by atoms with Crippen molar-refractivity contribution in [1.29, 1.82) is 0 Å². The van der Waals surface area contributed by atoms with Crippen molar-refractivity contribution in [2.24, 2.45) is 0 Å². The molecule has 2 aromatic carbocycles. The maximum absolute atomic E-state index is 11.8. The predicted molar refractivity (Wildman–Crippen MR) is 164 cm³/mol. The maximum Gasteiger partial charge on any atom is 0.335 e. The third-order valence-electron chi connectivity index (χ3n) is 8.30. The first-order valence-electron chi connectivity index (χ1n) is 14.1. The molecule has 0 unspecified atom stereocenters. The maximum atomic E-state index is 11.8. The summed E-state index contributed by atoms with van der Waals surface area (Å²) in [6, 6.07) is 21.2. The zero-order valence-corrected chi connectivity index (χ0v) is 24.3. The molecule has 41 heavy (non-hydrogen) atoms. The predicted octanol–water partition coefficient (Wildman–Crippen LogP) is 6.99. The van der Waals surface area contributed by atoms with Crippen LogP contribution < -0.4 is 15.0 Å². The number of anilines is 1. The number of rotatable bonds is 7. The molecule has 0 amide bonds. The fourth-order valence-corrected chi connectivity index (χ4v) is 6.62. The van der Waals surface area contributed by atoms with Gasteiger partial charge in [-0.15, -0.1) is 0 Å². The van der Waals surface area contributed by atoms with Crippen molar-refractivity contribution in [2.75, 3.05) is 4.90 Å². The van der Waals surface area contributed by atoms with Gasteiger partial charge in [0.15, 0.2) is 5.11 Å². The van der Waals surface area contributed by atoms with E-state index in [2.05, 4.69) is 46.8 Å². The number of hydrogen-bond donors (Lipinski definition) is 2. The van der Waals surface area contributed by atoms with Gasteiger partial charge in [-0.1, -0.05) is 12.1 Å². The summed E-state index contributed by atoms with van der Waals surface area (Å²) in [5.74, 6) is -0.0652. The molecule has 2 aromatic heterocycles. The molecule has 8 heteroatoms. The van der Waals surface area contributed by atoms with Crippen LogP contribution in [-0.4, -0.2) is 31.8 Å². The van der Waals surface area contributed by atoms with Crippen molar-refractivity contribution in [3.8, 4) is 11.4 Å². The summed E-state index contributed by atoms with van der Waals surface area (Å²) in [5, 5.41) is 13.8. The molecule has 2 atom stereocenters. The molecule has 4 aromatic rings. The van der Waals surface area contributed by atoms with Crippen LogP contribution in [0.15, 0.2) is 72.9 Å². The number of carboxylic acid groups (broad SMARTS) is 1. The first-order valence-corrected chi connectivity index (χ1v) is 14.5. The number of benzene rings is 2. The van der Waals surface area contributed by atoms with E-state index >= 15 is 0 Å². The average Bonchev–Trinajstić information content (AvgIpc) is 3.68. The van der Waals surface area contributed by atoms with Gasteiger partial charge in [-0.25, -0.2) is 4.79 Å². The molecule has 0 radical (unpaired) electrons. The zero-order chi connectivity index (χ0) is 28.7. The van der Waals surface area contributed by atoms with E-state index in [0.717, 1.165) is 58.2 Å². The minimum absolute atomic E-state index is 0.179. The Labute approximate surface area is 245 Å². The molecule has 2 aliphatic rings. The Morgan fingerprint density at radius 3 is 2.46 bits per heavy atom. The molecular weight excluding hydrogens is 532 g/mol. The Morgan fingerprint density at radius 2 is 1.78 bits per heavy atom. The first kappa shape index (κ1) is 27.0. The van der Waals surface area contributed by atoms with Crippen LogP contribution in [0.2, 0.25) is 0 Å². The van der Waals surface area contributed by atoms with E-state index in [9.17, 15) is 9.90 Å². The average molecular weight is 567 g/mol. The highest BCUT2D eigenvalue weighted by Crippen LogP contribution is 2.44. The van der Waals surface area contributed by atoms with E-state index in [1.54, 1.807) is 18.3 Å². The van der Waals surface area contributed by atoms with Crippen molar-refractivity contribution in [1.82, 2.24) is 14.9 Å². The summed E-state index contributed by atoms with van der Waals surface area (Å²) in [5.41, 5.74) is 7.12. The molecule has 2 N–H and O–H groups in total. The Kier molecular flexibility index (Phi) is 7.26. The number of hydrogen-bond acceptors (Lipinski definition) is 4. The molecule has 0 bridgehead atoms. The molecule has 2 fully saturated rings. The lowest BCUT2D eigenvalue weighted by molar-refractivity contribution is 0.0697. The molecule has 6 rings (SSSR count). The van der Waals surface area contributed by atoms with Gasteiger partial charge >= 0.3 is 5.97 Å². The first-order chi connectivity index (χ1) is 19.8. The van der Waals surface area contributed by atoms with E-state index in [1.807, 2.05) is 43.3 Å². The molecule has 1 saturated carbocycles. The van der Waals surface area contributed by atoms with Crippen molar-refractivity contribution in [3.63, 3.8) is 0 Å². The largest absolute Gasteiger partial charge is 0.490 e. The van der Waals surface area contributed by atoms with Crippen LogP contribution in [0.4, 0.5) is 5.69 Å². The second-order valence-electron chi connectivity index (χ2n) is 11.0. The summed E-state index contributed by atoms with van der Waals surface area (Å²) in [6.45, 7) is 6.14. The van der Waals surface area contributed by atoms with Gasteiger partial charge in [0.2, 0.25) is 0 Å². The molecule has 7 nitrogen and oxygen atoms in total. The number of nitrogens with one attached hydrogen (secondary N) is 1. The quantitative estimate of drug-likeness (QED) is 0.233. The monoisotopic (exact) mass is 566 g/mol. The van der Waals surface area contributed by atoms with E-state index < -0.39 is 5.97 Å². The summed E-state index contributed by atoms with van der Waals surface area (Å²) >= 11 is 5.95. The van der Waals surface area contributed by atoms with Crippen molar-refractivity contribution >= 4 is 29.0 Å². The summed E-state index contributed by atoms with van der Waals surface area (Å²) < 4.78 is 8.37. The highest BCUT2D eigenvalue weighted by Gasteiger charge is 2.42. The topological polar surface area (TPSA) is 79.6 Å². The van der Waals surface area contributed by atoms with Gasteiger partial charge < -0.3 is 24.6 Å². The van der Waals surface area contributed by atoms with Crippen LogP contribution in [0, 0.1) is 20.8 Å². The third-order valence-corrected chi connectivity index (χ3v) is 8.62. The standard InChI is InChI=1S/C33H34N4O3S/c1-20-11-12-23(32(38)39)19-29(20)36-21(2)18-27(22(36)3)31-30(28-10-6-7-17-34-28)35-33(41)37(31)24-13-15-26(16-14-24)40-25-8-4-5-9-25/h6-7,10-19,25,30-31H,4-5,8-9H2,1-3H3,(H,35,41)(H,38,39)/t30-,31+/m1/s1. The number of carbonyl (C=O) groups is 1. The fourth-order valence-electron chi connectivity index (χ4n) is 6.27. The van der Waals surface area contributed by atoms with Crippen LogP contribution >= 0.6 is 12.2 Å². The van der Waals surface area contributed by atoms with Crippen LogP contribution in [0.5, 0.6) is 5.75 Å². The van der Waals surface area contributed by atoms with Crippen molar-refractivity contribution in [2.45, 2.75) is 64.6 Å². The van der Waals surface area contributed by atoms with E-state index in [1.165, 1.54) is 12.8 Å². The molecule has 1 aliphatic carbocycles. The van der Waals surface area contributed by atoms with Crippen LogP contribution in [0.1, 0.15) is 76.3 Å². The lowest BCUT2D eigenvalue weighted by Gasteiger charge is -2.28. The summed E-state index contributed by atoms with van der Waals surface area (Å²) in [6.07, 6.45) is 6.78. The van der Waals surface area contributed by atoms with Crippen LogP contribution in [0.3, 0.4) is 0 Å².